The fraction of sp³-hybridized carbons (Fsp3) is 0. The first kappa shape index (κ1) is 14.7. The lowest BCUT2D eigenvalue weighted by Crippen LogP contribution is -2.15. The molecule has 0 saturated carbocycles. The molecule has 0 saturated heterocycles. The molecule has 1 aliphatic rings. The topological polar surface area (TPSA) is 49.3 Å². The third-order valence-electron chi connectivity index (χ3n) is 3.29. The van der Waals surface area contributed by atoms with E-state index in [0.29, 0.717) is 26.9 Å². The van der Waals surface area contributed by atoms with Gasteiger partial charge in [0.2, 0.25) is 0 Å². The highest BCUT2D eigenvalue weighted by Crippen LogP contribution is 2.30. The van der Waals surface area contributed by atoms with Crippen LogP contribution in [0.2, 0.25) is 10.0 Å². The molecule has 0 radical (unpaired) electrons. The van der Waals surface area contributed by atoms with E-state index < -0.39 is 0 Å². The molecule has 1 amide bonds. The van der Waals surface area contributed by atoms with Crippen LogP contribution >= 0.6 is 23.2 Å². The number of aliphatic hydroxyl groups is 1. The summed E-state index contributed by atoms with van der Waals surface area (Å²) in [6.45, 7) is 0. The van der Waals surface area contributed by atoms with E-state index in [2.05, 4.69) is 5.32 Å². The van der Waals surface area contributed by atoms with Crippen LogP contribution in [-0.2, 0) is 4.79 Å². The maximum atomic E-state index is 12.1. The van der Waals surface area contributed by atoms with Gasteiger partial charge in [-0.3, -0.25) is 4.79 Å². The van der Waals surface area contributed by atoms with Crippen molar-refractivity contribution in [2.75, 3.05) is 0 Å². The van der Waals surface area contributed by atoms with Crippen LogP contribution < -0.4 is 5.32 Å². The van der Waals surface area contributed by atoms with Gasteiger partial charge in [-0.25, -0.2) is 0 Å². The van der Waals surface area contributed by atoms with Gasteiger partial charge >= 0.3 is 0 Å². The molecular weight excluding hydrogens is 321 g/mol. The minimum absolute atomic E-state index is 0.0952. The molecule has 0 atom stereocenters. The molecule has 0 bridgehead atoms. The Labute approximate surface area is 137 Å². The molecule has 110 valence electrons. The number of nitrogens with one attached hydrogen (secondary N) is 1. The van der Waals surface area contributed by atoms with Crippen LogP contribution in [0.25, 0.3) is 11.6 Å². The number of rotatable bonds is 2. The third kappa shape index (κ3) is 2.73. The third-order valence-corrected chi connectivity index (χ3v) is 3.85. The fourth-order valence-corrected chi connectivity index (χ4v) is 2.70. The molecule has 3 nitrogen and oxygen atoms in total. The predicted molar refractivity (Wildman–Crippen MR) is 88.6 cm³/mol. The quantitative estimate of drug-likeness (QED) is 0.854. The second-order valence-electron chi connectivity index (χ2n) is 4.77. The highest BCUT2D eigenvalue weighted by molar-refractivity contribution is 6.35. The van der Waals surface area contributed by atoms with Gasteiger partial charge in [0.1, 0.15) is 0 Å². The number of hydrogen-bond donors (Lipinski definition) is 2. The molecule has 2 aromatic carbocycles. The first-order chi connectivity index (χ1) is 10.6. The minimum atomic E-state index is -0.347. The van der Waals surface area contributed by atoms with Crippen molar-refractivity contribution >= 4 is 40.8 Å². The number of hydrogen-bond acceptors (Lipinski definition) is 2. The zero-order valence-corrected chi connectivity index (χ0v) is 12.8. The van der Waals surface area contributed by atoms with Crippen molar-refractivity contribution in [1.29, 1.82) is 0 Å². The lowest BCUT2D eigenvalue weighted by atomic mass is 10.1. The Balaban J connectivity index is 2.05. The molecule has 0 unspecified atom stereocenters. The van der Waals surface area contributed by atoms with Crippen LogP contribution in [0.1, 0.15) is 11.1 Å². The summed E-state index contributed by atoms with van der Waals surface area (Å²) < 4.78 is 0. The second kappa shape index (κ2) is 5.87. The Kier molecular flexibility index (Phi) is 3.92. The van der Waals surface area contributed by atoms with Crippen LogP contribution in [0.5, 0.6) is 0 Å². The Hall–Kier alpha value is -2.23. The number of carbonyl (C=O) groups is 1. The zero-order chi connectivity index (χ0) is 15.7. The molecule has 22 heavy (non-hydrogen) atoms. The SMILES string of the molecule is O=C1N/C(=C\c2ccc(Cl)cc2Cl)C(O)=C1c1ccccc1. The maximum absolute atomic E-state index is 12.1. The van der Waals surface area contributed by atoms with Crippen LogP contribution in [0, 0.1) is 0 Å². The number of aliphatic hydroxyl groups excluding tert-OH is 1. The van der Waals surface area contributed by atoms with Crippen LogP contribution in [-0.4, -0.2) is 11.0 Å². The van der Waals surface area contributed by atoms with Gasteiger partial charge in [0.15, 0.2) is 5.76 Å². The number of carbonyl (C=O) groups excluding carboxylic acids is 1. The Morgan fingerprint density at radius 3 is 2.45 bits per heavy atom. The van der Waals surface area contributed by atoms with E-state index in [0.717, 1.165) is 0 Å². The van der Waals surface area contributed by atoms with Crippen LogP contribution in [0.15, 0.2) is 60.0 Å². The number of amides is 1. The molecule has 1 aliphatic heterocycles. The van der Waals surface area contributed by atoms with Crippen molar-refractivity contribution in [1.82, 2.24) is 5.32 Å². The van der Waals surface area contributed by atoms with E-state index in [1.807, 2.05) is 6.07 Å². The number of halogens is 2. The van der Waals surface area contributed by atoms with Crippen molar-refractivity contribution < 1.29 is 9.90 Å². The van der Waals surface area contributed by atoms with Crippen molar-refractivity contribution in [2.24, 2.45) is 0 Å². The van der Waals surface area contributed by atoms with E-state index in [4.69, 9.17) is 23.2 Å². The first-order valence-corrected chi connectivity index (χ1v) is 7.29. The zero-order valence-electron chi connectivity index (χ0n) is 11.3. The molecule has 0 aliphatic carbocycles. The molecular formula is C17H11Cl2NO2. The van der Waals surface area contributed by atoms with Crippen LogP contribution in [0.3, 0.4) is 0 Å². The fourth-order valence-electron chi connectivity index (χ4n) is 2.24. The van der Waals surface area contributed by atoms with Gasteiger partial charge in [-0.2, -0.15) is 0 Å². The molecule has 3 rings (SSSR count). The molecule has 0 aromatic heterocycles. The normalized spacial score (nSPS) is 16.3. The molecule has 1 heterocycles. The smallest absolute Gasteiger partial charge is 0.260 e. The molecule has 2 N–H and O–H groups in total. The first-order valence-electron chi connectivity index (χ1n) is 6.53. The van der Waals surface area contributed by atoms with Crippen LogP contribution in [0.4, 0.5) is 0 Å². The monoisotopic (exact) mass is 331 g/mol. The van der Waals surface area contributed by atoms with Gasteiger partial charge in [-0.15, -0.1) is 0 Å². The Morgan fingerprint density at radius 2 is 1.77 bits per heavy atom. The van der Waals surface area contributed by atoms with E-state index >= 15 is 0 Å². The Morgan fingerprint density at radius 1 is 1.05 bits per heavy atom. The minimum Gasteiger partial charge on any atom is -0.505 e. The largest absolute Gasteiger partial charge is 0.505 e. The predicted octanol–water partition coefficient (Wildman–Crippen LogP) is 4.43. The van der Waals surface area contributed by atoms with Gasteiger partial charge in [-0.1, -0.05) is 59.6 Å². The Bertz CT molecular complexity index is 811. The van der Waals surface area contributed by atoms with Gasteiger partial charge in [0, 0.05) is 10.0 Å². The summed E-state index contributed by atoms with van der Waals surface area (Å²) in [5.41, 5.74) is 1.87. The van der Waals surface area contributed by atoms with Crippen molar-refractivity contribution in [3.63, 3.8) is 0 Å². The molecule has 0 fully saturated rings. The maximum Gasteiger partial charge on any atom is 0.260 e. The highest BCUT2D eigenvalue weighted by atomic mass is 35.5. The van der Waals surface area contributed by atoms with Crippen molar-refractivity contribution in [2.45, 2.75) is 0 Å². The lowest BCUT2D eigenvalue weighted by molar-refractivity contribution is -0.114. The summed E-state index contributed by atoms with van der Waals surface area (Å²) in [7, 11) is 0. The summed E-state index contributed by atoms with van der Waals surface area (Å²) in [6.07, 6.45) is 1.61. The van der Waals surface area contributed by atoms with E-state index in [1.165, 1.54) is 0 Å². The average molecular weight is 332 g/mol. The summed E-state index contributed by atoms with van der Waals surface area (Å²) in [5, 5.41) is 13.9. The van der Waals surface area contributed by atoms with E-state index in [9.17, 15) is 9.90 Å². The van der Waals surface area contributed by atoms with E-state index in [1.54, 1.807) is 48.5 Å². The molecule has 0 spiro atoms. The highest BCUT2D eigenvalue weighted by Gasteiger charge is 2.28. The number of benzene rings is 2. The average Bonchev–Trinajstić information content (AvgIpc) is 2.77. The van der Waals surface area contributed by atoms with Gasteiger partial charge in [0.05, 0.1) is 11.3 Å². The summed E-state index contributed by atoms with van der Waals surface area (Å²) >= 11 is 12.0. The standard InChI is InChI=1S/C17H11Cl2NO2/c18-12-7-6-11(13(19)9-12)8-14-16(21)15(17(22)20-14)10-4-2-1-3-5-10/h1-9,21H,(H,20,22)/b14-8-. The van der Waals surface area contributed by atoms with Crippen molar-refractivity contribution in [3.8, 4) is 0 Å². The molecule has 5 heteroatoms. The van der Waals surface area contributed by atoms with Gasteiger partial charge in [-0.05, 0) is 29.3 Å². The van der Waals surface area contributed by atoms with Crippen molar-refractivity contribution in [3.05, 3.63) is 81.2 Å². The summed E-state index contributed by atoms with van der Waals surface area (Å²) in [5.74, 6) is -0.442. The summed E-state index contributed by atoms with van der Waals surface area (Å²) in [4.78, 5) is 12.1. The second-order valence-corrected chi connectivity index (χ2v) is 5.61. The summed E-state index contributed by atoms with van der Waals surface area (Å²) in [6, 6.07) is 14.0. The van der Waals surface area contributed by atoms with Gasteiger partial charge < -0.3 is 10.4 Å². The lowest BCUT2D eigenvalue weighted by Gasteiger charge is -2.02. The molecule has 2 aromatic rings. The van der Waals surface area contributed by atoms with Gasteiger partial charge in [0.25, 0.3) is 5.91 Å². The van der Waals surface area contributed by atoms with E-state index in [-0.39, 0.29) is 17.2 Å².